The summed E-state index contributed by atoms with van der Waals surface area (Å²) in [6.07, 6.45) is 0.879. The maximum Gasteiger partial charge on any atom is 0.194 e. The molecule has 0 radical (unpaired) electrons. The van der Waals surface area contributed by atoms with Crippen LogP contribution in [0.3, 0.4) is 0 Å². The summed E-state index contributed by atoms with van der Waals surface area (Å²) in [5.74, 6) is 7.27. The van der Waals surface area contributed by atoms with E-state index in [2.05, 4.69) is 53.4 Å². The van der Waals surface area contributed by atoms with Gasteiger partial charge in [0.15, 0.2) is 14.1 Å². The molecule has 2 nitrogen and oxygen atoms in total. The first kappa shape index (κ1) is 24.1. The molecule has 2 aromatic rings. The standard InChI is InChI=1S/C27H36O2Si/c1-7-30(8-2,9-3)29-27(6,21-22(4)5)20-19-23-15-13-14-18-25(23)26(28)24-16-11-10-12-17-24/h10-18,22H,7-9,21H2,1-6H3. The molecule has 1 atom stereocenters. The summed E-state index contributed by atoms with van der Waals surface area (Å²) < 4.78 is 6.87. The number of hydrogen-bond acceptors (Lipinski definition) is 2. The molecule has 0 aromatic heterocycles. The van der Waals surface area contributed by atoms with Gasteiger partial charge in [-0.15, -0.1) is 0 Å². The van der Waals surface area contributed by atoms with Gasteiger partial charge in [0.1, 0.15) is 5.60 Å². The molecule has 30 heavy (non-hydrogen) atoms. The topological polar surface area (TPSA) is 26.3 Å². The predicted molar refractivity (Wildman–Crippen MR) is 129 cm³/mol. The number of carbonyl (C=O) groups is 1. The smallest absolute Gasteiger partial charge is 0.194 e. The molecule has 0 saturated carbocycles. The Labute approximate surface area is 184 Å². The Hall–Kier alpha value is -2.15. The van der Waals surface area contributed by atoms with Crippen LogP contribution >= 0.6 is 0 Å². The van der Waals surface area contributed by atoms with E-state index in [1.807, 2.05) is 54.6 Å². The summed E-state index contributed by atoms with van der Waals surface area (Å²) in [5.41, 5.74) is 1.59. The minimum atomic E-state index is -1.82. The van der Waals surface area contributed by atoms with Crippen LogP contribution in [-0.4, -0.2) is 19.7 Å². The molecule has 0 bridgehead atoms. The Balaban J connectivity index is 2.44. The molecule has 0 aliphatic rings. The lowest BCUT2D eigenvalue weighted by Crippen LogP contribution is -2.45. The molecule has 160 valence electrons. The normalized spacial score (nSPS) is 13.4. The van der Waals surface area contributed by atoms with E-state index in [-0.39, 0.29) is 5.78 Å². The quantitative estimate of drug-likeness (QED) is 0.246. The summed E-state index contributed by atoms with van der Waals surface area (Å²) in [4.78, 5) is 13.0. The molecule has 2 rings (SSSR count). The second-order valence-corrected chi connectivity index (χ2v) is 13.4. The van der Waals surface area contributed by atoms with Crippen LogP contribution in [0, 0.1) is 17.8 Å². The van der Waals surface area contributed by atoms with E-state index in [1.165, 1.54) is 0 Å². The molecule has 0 aliphatic carbocycles. The van der Waals surface area contributed by atoms with Gasteiger partial charge in [0.05, 0.1) is 0 Å². The molecule has 3 heteroatoms. The highest BCUT2D eigenvalue weighted by atomic mass is 28.4. The maximum absolute atomic E-state index is 13.0. The minimum absolute atomic E-state index is 0.00590. The van der Waals surface area contributed by atoms with Crippen molar-refractivity contribution in [3.63, 3.8) is 0 Å². The van der Waals surface area contributed by atoms with E-state index in [0.29, 0.717) is 17.0 Å². The molecule has 0 fully saturated rings. The number of ketones is 1. The molecule has 0 spiro atoms. The van der Waals surface area contributed by atoms with Crippen molar-refractivity contribution in [2.24, 2.45) is 5.92 Å². The minimum Gasteiger partial charge on any atom is -0.401 e. The lowest BCUT2D eigenvalue weighted by molar-refractivity contribution is 0.103. The van der Waals surface area contributed by atoms with Crippen molar-refractivity contribution in [3.05, 3.63) is 71.3 Å². The van der Waals surface area contributed by atoms with Gasteiger partial charge >= 0.3 is 0 Å². The highest BCUT2D eigenvalue weighted by Gasteiger charge is 2.37. The number of rotatable bonds is 9. The lowest BCUT2D eigenvalue weighted by Gasteiger charge is -2.38. The molecular formula is C27H36O2Si. The summed E-state index contributed by atoms with van der Waals surface area (Å²) >= 11 is 0. The van der Waals surface area contributed by atoms with Gasteiger partial charge < -0.3 is 4.43 Å². The van der Waals surface area contributed by atoms with Gasteiger partial charge in [-0.1, -0.05) is 88.9 Å². The van der Waals surface area contributed by atoms with Crippen molar-refractivity contribution in [2.75, 3.05) is 0 Å². The molecular weight excluding hydrogens is 384 g/mol. The average molecular weight is 421 g/mol. The van der Waals surface area contributed by atoms with Crippen molar-refractivity contribution in [1.82, 2.24) is 0 Å². The van der Waals surface area contributed by atoms with Crippen molar-refractivity contribution in [3.8, 4) is 11.8 Å². The third-order valence-corrected chi connectivity index (χ3v) is 10.6. The molecule has 0 heterocycles. The Morgan fingerprint density at radius 3 is 2.10 bits per heavy atom. The highest BCUT2D eigenvalue weighted by Crippen LogP contribution is 2.31. The van der Waals surface area contributed by atoms with Gasteiger partial charge in [-0.2, -0.15) is 0 Å². The SMILES string of the molecule is CC[Si](CC)(CC)OC(C)(C#Cc1ccccc1C(=O)c1ccccc1)CC(C)C. The molecule has 0 amide bonds. The van der Waals surface area contributed by atoms with Crippen LogP contribution < -0.4 is 0 Å². The molecule has 0 aliphatic heterocycles. The first-order valence-electron chi connectivity index (χ1n) is 11.2. The fraction of sp³-hybridized carbons (Fsp3) is 0.444. The van der Waals surface area contributed by atoms with Crippen LogP contribution in [0.2, 0.25) is 18.1 Å². The van der Waals surface area contributed by atoms with E-state index in [0.717, 1.165) is 30.1 Å². The first-order valence-corrected chi connectivity index (χ1v) is 13.7. The zero-order chi connectivity index (χ0) is 22.2. The van der Waals surface area contributed by atoms with Crippen LogP contribution in [0.15, 0.2) is 54.6 Å². The van der Waals surface area contributed by atoms with Crippen molar-refractivity contribution >= 4 is 14.1 Å². The second kappa shape index (κ2) is 10.7. The maximum atomic E-state index is 13.0. The summed E-state index contributed by atoms with van der Waals surface area (Å²) in [6.45, 7) is 13.3. The summed E-state index contributed by atoms with van der Waals surface area (Å²) in [5, 5.41) is 0. The van der Waals surface area contributed by atoms with Gasteiger partial charge in [0, 0.05) is 16.7 Å². The Kier molecular flexibility index (Phi) is 8.64. The van der Waals surface area contributed by atoms with E-state index in [9.17, 15) is 4.79 Å². The van der Waals surface area contributed by atoms with Crippen LogP contribution in [0.4, 0.5) is 0 Å². The van der Waals surface area contributed by atoms with E-state index >= 15 is 0 Å². The first-order chi connectivity index (χ1) is 14.3. The van der Waals surface area contributed by atoms with Crippen LogP contribution in [0.5, 0.6) is 0 Å². The van der Waals surface area contributed by atoms with Crippen LogP contribution in [-0.2, 0) is 4.43 Å². The largest absolute Gasteiger partial charge is 0.401 e. The van der Waals surface area contributed by atoms with Gasteiger partial charge in [-0.25, -0.2) is 0 Å². The molecule has 2 aromatic carbocycles. The van der Waals surface area contributed by atoms with Crippen molar-refractivity contribution in [1.29, 1.82) is 0 Å². The fourth-order valence-corrected chi connectivity index (χ4v) is 7.10. The third kappa shape index (κ3) is 6.17. The zero-order valence-corrected chi connectivity index (χ0v) is 20.4. The van der Waals surface area contributed by atoms with Crippen molar-refractivity contribution < 1.29 is 9.22 Å². The number of hydrogen-bond donors (Lipinski definition) is 0. The Morgan fingerprint density at radius 2 is 1.53 bits per heavy atom. The van der Waals surface area contributed by atoms with E-state index < -0.39 is 13.9 Å². The monoisotopic (exact) mass is 420 g/mol. The Bertz CT molecular complexity index is 880. The van der Waals surface area contributed by atoms with Crippen molar-refractivity contribution in [2.45, 2.75) is 71.7 Å². The van der Waals surface area contributed by atoms with Gasteiger partial charge in [-0.3, -0.25) is 4.79 Å². The van der Waals surface area contributed by atoms with E-state index in [4.69, 9.17) is 4.43 Å². The Morgan fingerprint density at radius 1 is 0.967 bits per heavy atom. The fourth-order valence-electron chi connectivity index (χ4n) is 4.08. The number of benzene rings is 2. The van der Waals surface area contributed by atoms with Gasteiger partial charge in [0.2, 0.25) is 0 Å². The van der Waals surface area contributed by atoms with Crippen LogP contribution in [0.25, 0.3) is 0 Å². The highest BCUT2D eigenvalue weighted by molar-refractivity contribution is 6.73. The molecule has 0 N–H and O–H groups in total. The van der Waals surface area contributed by atoms with Gasteiger partial charge in [0.25, 0.3) is 0 Å². The van der Waals surface area contributed by atoms with E-state index in [1.54, 1.807) is 0 Å². The zero-order valence-electron chi connectivity index (χ0n) is 19.4. The van der Waals surface area contributed by atoms with Gasteiger partial charge in [-0.05, 0) is 49.5 Å². The average Bonchev–Trinajstić information content (AvgIpc) is 2.76. The van der Waals surface area contributed by atoms with Crippen LogP contribution in [0.1, 0.15) is 69.4 Å². The molecule has 0 saturated heterocycles. The molecule has 1 unspecified atom stereocenters. The number of carbonyl (C=O) groups excluding carboxylic acids is 1. The lowest BCUT2D eigenvalue weighted by atomic mass is 9.93. The summed E-state index contributed by atoms with van der Waals surface area (Å²) in [7, 11) is -1.82. The third-order valence-electron chi connectivity index (χ3n) is 5.84. The predicted octanol–water partition coefficient (Wildman–Crippen LogP) is 7.10. The summed E-state index contributed by atoms with van der Waals surface area (Å²) in [6, 6.07) is 20.3. The second-order valence-electron chi connectivity index (χ2n) is 8.67.